The van der Waals surface area contributed by atoms with Gasteiger partial charge in [-0.2, -0.15) is 5.10 Å². The van der Waals surface area contributed by atoms with E-state index in [2.05, 4.69) is 60.4 Å². The van der Waals surface area contributed by atoms with Crippen molar-refractivity contribution in [2.24, 2.45) is 5.10 Å². The second kappa shape index (κ2) is 8.63. The highest BCUT2D eigenvalue weighted by atomic mass is 79.9. The molecule has 0 radical (unpaired) electrons. The van der Waals surface area contributed by atoms with Crippen LogP contribution >= 0.6 is 15.9 Å². The molecule has 5 rings (SSSR count). The molecule has 1 saturated heterocycles. The summed E-state index contributed by atoms with van der Waals surface area (Å²) in [5, 5.41) is 10.2. The minimum Gasteiger partial charge on any atom is -0.489 e. The van der Waals surface area contributed by atoms with E-state index in [-0.39, 0.29) is 17.5 Å². The lowest BCUT2D eigenvalue weighted by Crippen LogP contribution is -2.21. The number of fused-ring (bicyclic) bond motifs is 1. The van der Waals surface area contributed by atoms with Gasteiger partial charge in [0.15, 0.2) is 5.82 Å². The number of hydrogen-bond acceptors (Lipinski definition) is 7. The van der Waals surface area contributed by atoms with E-state index in [4.69, 9.17) is 4.74 Å². The van der Waals surface area contributed by atoms with E-state index >= 15 is 0 Å². The van der Waals surface area contributed by atoms with E-state index in [1.54, 1.807) is 12.3 Å². The van der Waals surface area contributed by atoms with Gasteiger partial charge in [-0.1, -0.05) is 15.9 Å². The highest BCUT2D eigenvalue weighted by molar-refractivity contribution is 9.10. The van der Waals surface area contributed by atoms with Crippen molar-refractivity contribution in [3.63, 3.8) is 0 Å². The Balaban J connectivity index is 1.46. The molecule has 0 spiro atoms. The second-order valence-electron chi connectivity index (χ2n) is 8.44. The Kier molecular flexibility index (Phi) is 5.69. The van der Waals surface area contributed by atoms with Gasteiger partial charge in [-0.05, 0) is 43.3 Å². The molecule has 166 valence electrons. The fourth-order valence-electron chi connectivity index (χ4n) is 4.18. The van der Waals surface area contributed by atoms with E-state index in [0.717, 1.165) is 43.1 Å². The van der Waals surface area contributed by atoms with Crippen LogP contribution in [0.1, 0.15) is 17.9 Å². The molecule has 0 aliphatic carbocycles. The third kappa shape index (κ3) is 4.54. The van der Waals surface area contributed by atoms with Gasteiger partial charge in [-0.25, -0.2) is 14.4 Å². The Labute approximate surface area is 194 Å². The third-order valence-corrected chi connectivity index (χ3v) is 6.23. The molecule has 9 heteroatoms. The fraction of sp³-hybridized carbons (Fsp3) is 0.348. The van der Waals surface area contributed by atoms with Gasteiger partial charge in [-0.3, -0.25) is 5.01 Å². The highest BCUT2D eigenvalue weighted by Gasteiger charge is 2.23. The molecule has 2 aliphatic rings. The summed E-state index contributed by atoms with van der Waals surface area (Å²) in [6.07, 6.45) is 4.73. The van der Waals surface area contributed by atoms with Crippen molar-refractivity contribution in [2.45, 2.75) is 18.4 Å². The lowest BCUT2D eigenvalue weighted by atomic mass is 10.00. The van der Waals surface area contributed by atoms with Crippen LogP contribution in [-0.4, -0.2) is 65.9 Å². The van der Waals surface area contributed by atoms with Gasteiger partial charge in [0.05, 0.1) is 0 Å². The van der Waals surface area contributed by atoms with Crippen molar-refractivity contribution in [3.05, 3.63) is 52.4 Å². The first-order valence-electron chi connectivity index (χ1n) is 10.6. The molecule has 0 amide bonds. The first-order valence-corrected chi connectivity index (χ1v) is 11.4. The number of rotatable bonds is 5. The average molecular weight is 499 g/mol. The number of ether oxygens (including phenoxy) is 1. The van der Waals surface area contributed by atoms with Crippen LogP contribution in [0.3, 0.4) is 0 Å². The molecular weight excluding hydrogens is 475 g/mol. The number of benzene rings is 2. The molecule has 32 heavy (non-hydrogen) atoms. The molecule has 2 aliphatic heterocycles. The number of aromatic nitrogens is 2. The van der Waals surface area contributed by atoms with Crippen LogP contribution in [0.25, 0.3) is 10.9 Å². The second-order valence-corrected chi connectivity index (χ2v) is 9.35. The number of hydrazone groups is 1. The normalized spacial score (nSPS) is 20.9. The van der Waals surface area contributed by atoms with Crippen molar-refractivity contribution >= 4 is 44.7 Å². The molecular formula is C23H24BrFN6O. The van der Waals surface area contributed by atoms with Gasteiger partial charge in [0.1, 0.15) is 17.4 Å². The number of halogens is 2. The van der Waals surface area contributed by atoms with Crippen molar-refractivity contribution in [1.82, 2.24) is 19.9 Å². The number of nitrogens with zero attached hydrogens (tertiary/aromatic N) is 5. The molecule has 1 fully saturated rings. The monoisotopic (exact) mass is 498 g/mol. The Morgan fingerprint density at radius 2 is 2.03 bits per heavy atom. The van der Waals surface area contributed by atoms with Crippen molar-refractivity contribution in [3.8, 4) is 5.75 Å². The minimum atomic E-state index is -0.395. The molecule has 3 heterocycles. The van der Waals surface area contributed by atoms with E-state index in [0.29, 0.717) is 15.8 Å². The number of hydrogen-bond donors (Lipinski definition) is 1. The molecule has 1 unspecified atom stereocenters. The average Bonchev–Trinajstić information content (AvgIpc) is 3.36. The largest absolute Gasteiger partial charge is 0.489 e. The van der Waals surface area contributed by atoms with Crippen LogP contribution in [0.15, 0.2) is 46.1 Å². The summed E-state index contributed by atoms with van der Waals surface area (Å²) in [7, 11) is 4.06. The van der Waals surface area contributed by atoms with E-state index in [1.165, 1.54) is 6.07 Å². The van der Waals surface area contributed by atoms with Crippen LogP contribution in [0, 0.1) is 5.82 Å². The number of anilines is 2. The predicted octanol–water partition coefficient (Wildman–Crippen LogP) is 4.37. The smallest absolute Gasteiger partial charge is 0.227 e. The molecule has 2 aromatic carbocycles. The van der Waals surface area contributed by atoms with Crippen LogP contribution in [0.2, 0.25) is 0 Å². The van der Waals surface area contributed by atoms with E-state index in [1.807, 2.05) is 24.3 Å². The zero-order valence-electron chi connectivity index (χ0n) is 17.9. The summed E-state index contributed by atoms with van der Waals surface area (Å²) < 4.78 is 21.4. The van der Waals surface area contributed by atoms with Gasteiger partial charge in [-0.15, -0.1) is 0 Å². The van der Waals surface area contributed by atoms with Crippen LogP contribution < -0.4 is 10.1 Å². The number of nitrogens with one attached hydrogen (secondary N) is 1. The summed E-state index contributed by atoms with van der Waals surface area (Å²) >= 11 is 3.31. The molecule has 3 aromatic rings. The van der Waals surface area contributed by atoms with Gasteiger partial charge < -0.3 is 15.0 Å². The minimum absolute atomic E-state index is 0.160. The lowest BCUT2D eigenvalue weighted by Gasteiger charge is -2.18. The summed E-state index contributed by atoms with van der Waals surface area (Å²) in [4.78, 5) is 11.0. The summed E-state index contributed by atoms with van der Waals surface area (Å²) in [5.41, 5.74) is 2.17. The Bertz CT molecular complexity index is 1190. The Morgan fingerprint density at radius 1 is 1.16 bits per heavy atom. The summed E-state index contributed by atoms with van der Waals surface area (Å²) in [6.45, 7) is 2.74. The molecule has 1 aromatic heterocycles. The maximum atomic E-state index is 14.4. The van der Waals surface area contributed by atoms with Gasteiger partial charge >= 0.3 is 0 Å². The number of likely N-dealkylation sites (tertiary alicyclic amines) is 1. The topological polar surface area (TPSA) is 65.9 Å². The van der Waals surface area contributed by atoms with Crippen LogP contribution in [-0.2, 0) is 0 Å². The first-order chi connectivity index (χ1) is 15.4. The maximum Gasteiger partial charge on any atom is 0.227 e. The fourth-order valence-corrected chi connectivity index (χ4v) is 4.63. The van der Waals surface area contributed by atoms with Crippen molar-refractivity contribution < 1.29 is 9.13 Å². The van der Waals surface area contributed by atoms with Gasteiger partial charge in [0.25, 0.3) is 0 Å². The van der Waals surface area contributed by atoms with Gasteiger partial charge in [0, 0.05) is 66.6 Å². The zero-order valence-corrected chi connectivity index (χ0v) is 19.5. The molecule has 7 nitrogen and oxygen atoms in total. The SMILES string of the molecule is CN1CC[C@@H](Oc2cc(Nc3ncc4cc(Br)cc(F)c4n3)cc(C3C=NN(C)C3)c2)C1. The third-order valence-electron chi connectivity index (χ3n) is 5.77. The summed E-state index contributed by atoms with van der Waals surface area (Å²) in [5.74, 6) is 0.902. The quantitative estimate of drug-likeness (QED) is 0.563. The molecule has 0 bridgehead atoms. The highest BCUT2D eigenvalue weighted by Crippen LogP contribution is 2.31. The first kappa shape index (κ1) is 21.1. The van der Waals surface area contributed by atoms with Crippen molar-refractivity contribution in [2.75, 3.05) is 39.0 Å². The Hall–Kier alpha value is -2.78. The molecule has 1 N–H and O–H groups in total. The maximum absolute atomic E-state index is 14.4. The standard InChI is InChI=1S/C23H24BrFN6O/c1-30-4-3-19(13-30)32-20-7-14(16-11-27-31(2)12-16)6-18(9-20)28-23-26-10-15-5-17(24)8-21(25)22(15)29-23/h5-11,16,19H,3-4,12-13H2,1-2H3,(H,26,28,29)/t16?,19-/m1/s1. The van der Waals surface area contributed by atoms with E-state index < -0.39 is 5.82 Å². The Morgan fingerprint density at radius 3 is 2.78 bits per heavy atom. The van der Waals surface area contributed by atoms with Crippen molar-refractivity contribution in [1.29, 1.82) is 0 Å². The van der Waals surface area contributed by atoms with Gasteiger partial charge in [0.2, 0.25) is 5.95 Å². The zero-order chi connectivity index (χ0) is 22.2. The number of likely N-dealkylation sites (N-methyl/N-ethyl adjacent to an activating group) is 2. The predicted molar refractivity (Wildman–Crippen MR) is 127 cm³/mol. The molecule has 2 atom stereocenters. The summed E-state index contributed by atoms with van der Waals surface area (Å²) in [6, 6.07) is 9.28. The van der Waals surface area contributed by atoms with E-state index in [9.17, 15) is 4.39 Å². The van der Waals surface area contributed by atoms with Crippen LogP contribution in [0.4, 0.5) is 16.0 Å². The lowest BCUT2D eigenvalue weighted by molar-refractivity contribution is 0.208. The van der Waals surface area contributed by atoms with Crippen LogP contribution in [0.5, 0.6) is 5.75 Å². The molecule has 0 saturated carbocycles.